The zero-order valence-corrected chi connectivity index (χ0v) is 12.9. The summed E-state index contributed by atoms with van der Waals surface area (Å²) in [6.45, 7) is 0. The van der Waals surface area contributed by atoms with Crippen LogP contribution in [0.15, 0.2) is 69.6 Å². The van der Waals surface area contributed by atoms with E-state index in [9.17, 15) is 4.79 Å². The van der Waals surface area contributed by atoms with Crippen molar-refractivity contribution in [1.82, 2.24) is 9.55 Å². The Labute approximate surface area is 135 Å². The Morgan fingerprint density at radius 3 is 2.61 bits per heavy atom. The number of nitrogens with zero attached hydrogens (tertiary/aromatic N) is 3. The molecule has 114 valence electrons. The van der Waals surface area contributed by atoms with E-state index in [4.69, 9.17) is 0 Å². The van der Waals surface area contributed by atoms with Gasteiger partial charge in [-0.25, -0.2) is 9.36 Å². The number of anilines is 1. The molecule has 23 heavy (non-hydrogen) atoms. The van der Waals surface area contributed by atoms with Crippen LogP contribution in [-0.2, 0) is 0 Å². The number of para-hydroxylation sites is 3. The number of fused-ring (bicyclic) bond motifs is 1. The van der Waals surface area contributed by atoms with Gasteiger partial charge in [-0.15, -0.1) is 10.2 Å². The van der Waals surface area contributed by atoms with E-state index in [-0.39, 0.29) is 5.69 Å². The van der Waals surface area contributed by atoms with Crippen molar-refractivity contribution >= 4 is 39.5 Å². The third kappa shape index (κ3) is 2.66. The Hall–Kier alpha value is -2.80. The quantitative estimate of drug-likeness (QED) is 0.723. The number of aromatic nitrogens is 2. The zero-order chi connectivity index (χ0) is 15.6. The van der Waals surface area contributed by atoms with E-state index in [2.05, 4.69) is 20.5 Å². The van der Waals surface area contributed by atoms with Crippen molar-refractivity contribution < 1.29 is 0 Å². The van der Waals surface area contributed by atoms with Gasteiger partial charge >= 0.3 is 5.69 Å². The molecule has 1 aromatic heterocycles. The van der Waals surface area contributed by atoms with Gasteiger partial charge in [0.05, 0.1) is 16.8 Å². The fourth-order valence-corrected chi connectivity index (χ4v) is 3.16. The number of nitrogens with one attached hydrogen (secondary N) is 2. The summed E-state index contributed by atoms with van der Waals surface area (Å²) in [5.74, 6) is 1.19. The van der Waals surface area contributed by atoms with Crippen LogP contribution in [0.1, 0.15) is 0 Å². The number of H-pyrrole nitrogens is 1. The lowest BCUT2D eigenvalue weighted by molar-refractivity contribution is 1.04. The molecule has 0 spiro atoms. The lowest BCUT2D eigenvalue weighted by Crippen LogP contribution is -2.29. The van der Waals surface area contributed by atoms with Crippen LogP contribution >= 0.6 is 11.8 Å². The molecule has 2 heterocycles. The highest BCUT2D eigenvalue weighted by Gasteiger charge is 2.17. The van der Waals surface area contributed by atoms with Gasteiger partial charge in [-0.3, -0.25) is 0 Å². The van der Waals surface area contributed by atoms with Crippen LogP contribution in [0.25, 0.3) is 11.0 Å². The Bertz CT molecular complexity index is 971. The number of amidine groups is 1. The van der Waals surface area contributed by atoms with E-state index in [0.29, 0.717) is 16.8 Å². The van der Waals surface area contributed by atoms with E-state index in [0.717, 1.165) is 16.7 Å². The second-order valence-electron chi connectivity index (χ2n) is 4.98. The highest BCUT2D eigenvalue weighted by molar-refractivity contribution is 8.14. The summed E-state index contributed by atoms with van der Waals surface area (Å²) in [6.07, 6.45) is 0. The SMILES string of the molecule is O=c1[nH]c2ccccc2n1C1=NN=C(Nc2ccccc2)SC1. The molecule has 0 atom stereocenters. The van der Waals surface area contributed by atoms with Gasteiger partial charge in [-0.2, -0.15) is 0 Å². The van der Waals surface area contributed by atoms with Crippen LogP contribution in [0, 0.1) is 0 Å². The van der Waals surface area contributed by atoms with E-state index >= 15 is 0 Å². The van der Waals surface area contributed by atoms with Crippen molar-refractivity contribution in [2.24, 2.45) is 10.2 Å². The molecule has 0 unspecified atom stereocenters. The Balaban J connectivity index is 1.66. The van der Waals surface area contributed by atoms with Crippen molar-refractivity contribution in [2.45, 2.75) is 0 Å². The second kappa shape index (κ2) is 5.77. The summed E-state index contributed by atoms with van der Waals surface area (Å²) in [7, 11) is 0. The molecule has 1 aliphatic rings. The summed E-state index contributed by atoms with van der Waals surface area (Å²) in [6, 6.07) is 17.3. The van der Waals surface area contributed by atoms with Crippen LogP contribution in [0.4, 0.5) is 5.69 Å². The molecule has 4 rings (SSSR count). The lowest BCUT2D eigenvalue weighted by Gasteiger charge is -2.13. The highest BCUT2D eigenvalue weighted by Crippen LogP contribution is 2.17. The predicted octanol–water partition coefficient (Wildman–Crippen LogP) is 2.71. The average molecular weight is 323 g/mol. The van der Waals surface area contributed by atoms with Gasteiger partial charge in [0.15, 0.2) is 11.0 Å². The van der Waals surface area contributed by atoms with Crippen molar-refractivity contribution in [2.75, 3.05) is 11.1 Å². The molecule has 7 heteroatoms. The second-order valence-corrected chi connectivity index (χ2v) is 5.95. The molecule has 0 aliphatic carbocycles. The number of hydrogen-bond acceptors (Lipinski definition) is 5. The van der Waals surface area contributed by atoms with Crippen LogP contribution in [-0.4, -0.2) is 26.3 Å². The fraction of sp³-hybridized carbons (Fsp3) is 0.0625. The highest BCUT2D eigenvalue weighted by atomic mass is 32.2. The summed E-state index contributed by atoms with van der Waals surface area (Å²) >= 11 is 1.52. The molecule has 6 nitrogen and oxygen atoms in total. The van der Waals surface area contributed by atoms with Crippen molar-refractivity contribution in [1.29, 1.82) is 0 Å². The Kier molecular flexibility index (Phi) is 3.47. The van der Waals surface area contributed by atoms with Gasteiger partial charge in [-0.1, -0.05) is 42.1 Å². The third-order valence-electron chi connectivity index (χ3n) is 3.47. The summed E-state index contributed by atoms with van der Waals surface area (Å²) in [5.41, 5.74) is 2.37. The number of imidazole rings is 1. The van der Waals surface area contributed by atoms with Gasteiger partial charge < -0.3 is 10.3 Å². The minimum absolute atomic E-state index is 0.194. The maximum Gasteiger partial charge on any atom is 0.332 e. The molecule has 0 radical (unpaired) electrons. The molecule has 0 amide bonds. The van der Waals surface area contributed by atoms with Crippen LogP contribution < -0.4 is 11.0 Å². The smallest absolute Gasteiger partial charge is 0.332 e. The van der Waals surface area contributed by atoms with Crippen molar-refractivity contribution in [3.8, 4) is 0 Å². The molecule has 0 saturated heterocycles. The molecule has 0 saturated carbocycles. The molecule has 2 aromatic carbocycles. The third-order valence-corrected chi connectivity index (χ3v) is 4.33. The average Bonchev–Trinajstić information content (AvgIpc) is 2.92. The first kappa shape index (κ1) is 13.8. The Morgan fingerprint density at radius 2 is 1.83 bits per heavy atom. The first-order chi connectivity index (χ1) is 11.3. The van der Waals surface area contributed by atoms with Gasteiger partial charge in [0.25, 0.3) is 0 Å². The Morgan fingerprint density at radius 1 is 1.04 bits per heavy atom. The summed E-state index contributed by atoms with van der Waals surface area (Å²) in [4.78, 5) is 15.0. The molecule has 0 bridgehead atoms. The first-order valence-corrected chi connectivity index (χ1v) is 8.09. The van der Waals surface area contributed by atoms with E-state index in [1.165, 1.54) is 11.8 Å². The van der Waals surface area contributed by atoms with Gasteiger partial charge in [0.1, 0.15) is 0 Å². The van der Waals surface area contributed by atoms with Gasteiger partial charge in [0, 0.05) is 5.69 Å². The van der Waals surface area contributed by atoms with E-state index in [1.54, 1.807) is 4.57 Å². The summed E-state index contributed by atoms with van der Waals surface area (Å²) < 4.78 is 1.57. The van der Waals surface area contributed by atoms with Crippen LogP contribution in [0.3, 0.4) is 0 Å². The maximum atomic E-state index is 12.2. The lowest BCUT2D eigenvalue weighted by atomic mass is 10.3. The van der Waals surface area contributed by atoms with E-state index in [1.807, 2.05) is 54.6 Å². The fourth-order valence-electron chi connectivity index (χ4n) is 2.42. The normalized spacial score (nSPS) is 14.4. The number of thioether (sulfide) groups is 1. The standard InChI is InChI=1S/C16H13N5OS/c22-16-18-12-8-4-5-9-13(12)21(16)14-10-23-15(20-19-14)17-11-6-2-1-3-7-11/h1-9H,10H2,(H,17,20)(H,18,22). The molecular formula is C16H13N5OS. The van der Waals surface area contributed by atoms with Crippen molar-refractivity contribution in [3.05, 3.63) is 65.1 Å². The molecule has 2 N–H and O–H groups in total. The number of hydrogen-bond donors (Lipinski definition) is 2. The minimum atomic E-state index is -0.194. The van der Waals surface area contributed by atoms with Crippen LogP contribution in [0.5, 0.6) is 0 Å². The maximum absolute atomic E-state index is 12.2. The first-order valence-electron chi connectivity index (χ1n) is 7.11. The molecular weight excluding hydrogens is 310 g/mol. The largest absolute Gasteiger partial charge is 0.333 e. The van der Waals surface area contributed by atoms with E-state index < -0.39 is 0 Å². The monoisotopic (exact) mass is 323 g/mol. The predicted molar refractivity (Wildman–Crippen MR) is 95.3 cm³/mol. The van der Waals surface area contributed by atoms with Crippen molar-refractivity contribution in [3.63, 3.8) is 0 Å². The van der Waals surface area contributed by atoms with Gasteiger partial charge in [0.2, 0.25) is 0 Å². The topological polar surface area (TPSA) is 74.5 Å². The zero-order valence-electron chi connectivity index (χ0n) is 12.1. The number of rotatable bonds is 1. The summed E-state index contributed by atoms with van der Waals surface area (Å²) in [5, 5.41) is 12.3. The molecule has 3 aromatic rings. The molecule has 1 aliphatic heterocycles. The molecule has 0 fully saturated rings. The van der Waals surface area contributed by atoms with Gasteiger partial charge in [-0.05, 0) is 24.3 Å². The number of aromatic amines is 1. The van der Waals surface area contributed by atoms with Crippen LogP contribution in [0.2, 0.25) is 0 Å². The minimum Gasteiger partial charge on any atom is -0.333 e. The number of benzene rings is 2.